The number of guanidine groups is 1. The predicted octanol–water partition coefficient (Wildman–Crippen LogP) is 3.20. The molecule has 0 atom stereocenters. The topological polar surface area (TPSA) is 73.8 Å². The molecule has 2 N–H and O–H groups in total. The standard InChI is InChI=1S/C20H28N4O2S.HI/c1-16(2)24(4)27(25,26)19-12-10-18(11-13-19)15-23-20(21-3)22-14-17-8-6-5-7-9-17;/h5-13,16H,14-15H2,1-4H3,(H2,21,22,23);1H. The zero-order valence-electron chi connectivity index (χ0n) is 16.7. The van der Waals surface area contributed by atoms with Gasteiger partial charge in [0.25, 0.3) is 0 Å². The molecule has 2 aromatic rings. The molecule has 0 bridgehead atoms. The first-order chi connectivity index (χ1) is 12.8. The maximum atomic E-state index is 12.5. The fraction of sp³-hybridized carbons (Fsp3) is 0.350. The van der Waals surface area contributed by atoms with Gasteiger partial charge >= 0.3 is 0 Å². The van der Waals surface area contributed by atoms with Crippen molar-refractivity contribution in [3.63, 3.8) is 0 Å². The number of nitrogens with one attached hydrogen (secondary N) is 2. The van der Waals surface area contributed by atoms with E-state index in [9.17, 15) is 8.42 Å². The minimum atomic E-state index is -3.45. The first-order valence-electron chi connectivity index (χ1n) is 8.90. The van der Waals surface area contributed by atoms with Gasteiger partial charge in [0, 0.05) is 33.2 Å². The van der Waals surface area contributed by atoms with Gasteiger partial charge in [0.05, 0.1) is 4.90 Å². The second-order valence-corrected chi connectivity index (χ2v) is 8.52. The van der Waals surface area contributed by atoms with E-state index in [0.717, 1.165) is 5.56 Å². The number of hydrogen-bond donors (Lipinski definition) is 2. The van der Waals surface area contributed by atoms with Crippen molar-refractivity contribution in [3.8, 4) is 0 Å². The zero-order chi connectivity index (χ0) is 19.9. The molecule has 0 saturated carbocycles. The van der Waals surface area contributed by atoms with Gasteiger partial charge in [-0.3, -0.25) is 4.99 Å². The monoisotopic (exact) mass is 516 g/mol. The molecule has 28 heavy (non-hydrogen) atoms. The molecule has 0 unspecified atom stereocenters. The third kappa shape index (κ3) is 6.75. The van der Waals surface area contributed by atoms with E-state index in [-0.39, 0.29) is 30.0 Å². The van der Waals surface area contributed by atoms with E-state index < -0.39 is 10.0 Å². The van der Waals surface area contributed by atoms with E-state index in [2.05, 4.69) is 15.6 Å². The van der Waals surface area contributed by atoms with E-state index in [1.165, 1.54) is 9.87 Å². The second-order valence-electron chi connectivity index (χ2n) is 6.52. The van der Waals surface area contributed by atoms with Crippen LogP contribution in [0.2, 0.25) is 0 Å². The lowest BCUT2D eigenvalue weighted by Crippen LogP contribution is -2.36. The highest BCUT2D eigenvalue weighted by atomic mass is 127. The van der Waals surface area contributed by atoms with Crippen LogP contribution in [-0.2, 0) is 23.1 Å². The lowest BCUT2D eigenvalue weighted by atomic mass is 10.2. The molecule has 0 aliphatic carbocycles. The van der Waals surface area contributed by atoms with Gasteiger partial charge in [-0.15, -0.1) is 24.0 Å². The largest absolute Gasteiger partial charge is 0.352 e. The molecule has 2 rings (SSSR count). The van der Waals surface area contributed by atoms with Gasteiger partial charge in [0.15, 0.2) is 5.96 Å². The number of sulfonamides is 1. The highest BCUT2D eigenvalue weighted by Gasteiger charge is 2.22. The number of halogens is 1. The molecule has 0 aromatic heterocycles. The Bertz CT molecular complexity index is 854. The Labute approximate surface area is 185 Å². The fourth-order valence-corrected chi connectivity index (χ4v) is 3.78. The Kier molecular flexibility index (Phi) is 9.91. The summed E-state index contributed by atoms with van der Waals surface area (Å²) in [7, 11) is -0.138. The van der Waals surface area contributed by atoms with Crippen molar-refractivity contribution in [2.24, 2.45) is 4.99 Å². The van der Waals surface area contributed by atoms with Crippen LogP contribution >= 0.6 is 24.0 Å². The van der Waals surface area contributed by atoms with E-state index in [0.29, 0.717) is 23.9 Å². The molecule has 0 radical (unpaired) electrons. The Morgan fingerprint density at radius 1 is 0.964 bits per heavy atom. The lowest BCUT2D eigenvalue weighted by Gasteiger charge is -2.21. The van der Waals surface area contributed by atoms with Gasteiger partial charge in [-0.05, 0) is 37.1 Å². The van der Waals surface area contributed by atoms with Crippen molar-refractivity contribution in [3.05, 3.63) is 65.7 Å². The number of aliphatic imine (C=N–C) groups is 1. The lowest BCUT2D eigenvalue weighted by molar-refractivity contribution is 0.410. The normalized spacial score (nSPS) is 12.0. The fourth-order valence-electron chi connectivity index (χ4n) is 2.41. The van der Waals surface area contributed by atoms with Crippen LogP contribution < -0.4 is 10.6 Å². The van der Waals surface area contributed by atoms with Gasteiger partial charge in [-0.1, -0.05) is 42.5 Å². The van der Waals surface area contributed by atoms with Crippen molar-refractivity contribution >= 4 is 40.0 Å². The summed E-state index contributed by atoms with van der Waals surface area (Å²) in [4.78, 5) is 4.51. The van der Waals surface area contributed by atoms with Crippen molar-refractivity contribution in [1.29, 1.82) is 0 Å². The number of rotatable bonds is 7. The molecule has 2 aromatic carbocycles. The van der Waals surface area contributed by atoms with Crippen LogP contribution in [-0.4, -0.2) is 38.8 Å². The molecular weight excluding hydrogens is 487 g/mol. The van der Waals surface area contributed by atoms with Crippen LogP contribution in [0.15, 0.2) is 64.5 Å². The first-order valence-corrected chi connectivity index (χ1v) is 10.3. The van der Waals surface area contributed by atoms with Crippen molar-refractivity contribution in [1.82, 2.24) is 14.9 Å². The summed E-state index contributed by atoms with van der Waals surface area (Å²) in [6, 6.07) is 16.9. The molecule has 0 heterocycles. The summed E-state index contributed by atoms with van der Waals surface area (Å²) in [5.41, 5.74) is 2.15. The summed E-state index contributed by atoms with van der Waals surface area (Å²) in [6.45, 7) is 4.93. The van der Waals surface area contributed by atoms with Crippen LogP contribution in [0.5, 0.6) is 0 Å². The highest BCUT2D eigenvalue weighted by Crippen LogP contribution is 2.17. The Morgan fingerprint density at radius 2 is 1.46 bits per heavy atom. The van der Waals surface area contributed by atoms with E-state index in [4.69, 9.17) is 0 Å². The average Bonchev–Trinajstić information content (AvgIpc) is 2.68. The minimum Gasteiger partial charge on any atom is -0.352 e. The van der Waals surface area contributed by atoms with Crippen LogP contribution in [0.25, 0.3) is 0 Å². The Morgan fingerprint density at radius 3 is 1.93 bits per heavy atom. The SMILES string of the molecule is CN=C(NCc1ccccc1)NCc1ccc(S(=O)(=O)N(C)C(C)C)cc1.I. The highest BCUT2D eigenvalue weighted by molar-refractivity contribution is 14.0. The molecule has 6 nitrogen and oxygen atoms in total. The van der Waals surface area contributed by atoms with Crippen molar-refractivity contribution < 1.29 is 8.42 Å². The smallest absolute Gasteiger partial charge is 0.243 e. The van der Waals surface area contributed by atoms with E-state index in [1.807, 2.05) is 56.3 Å². The van der Waals surface area contributed by atoms with Crippen molar-refractivity contribution in [2.75, 3.05) is 14.1 Å². The number of nitrogens with zero attached hydrogens (tertiary/aromatic N) is 2. The zero-order valence-corrected chi connectivity index (χ0v) is 19.9. The molecule has 154 valence electrons. The third-order valence-electron chi connectivity index (χ3n) is 4.31. The van der Waals surface area contributed by atoms with Gasteiger partial charge in [0.1, 0.15) is 0 Å². The predicted molar refractivity (Wildman–Crippen MR) is 125 cm³/mol. The van der Waals surface area contributed by atoms with Gasteiger partial charge < -0.3 is 10.6 Å². The number of hydrogen-bond acceptors (Lipinski definition) is 3. The molecule has 0 spiro atoms. The molecule has 0 fully saturated rings. The van der Waals surface area contributed by atoms with Crippen LogP contribution in [0.1, 0.15) is 25.0 Å². The van der Waals surface area contributed by atoms with E-state index >= 15 is 0 Å². The third-order valence-corrected chi connectivity index (χ3v) is 6.36. The quantitative estimate of drug-likeness (QED) is 0.337. The Hall–Kier alpha value is -1.65. The van der Waals surface area contributed by atoms with Crippen molar-refractivity contribution in [2.45, 2.75) is 37.9 Å². The van der Waals surface area contributed by atoms with E-state index in [1.54, 1.807) is 26.2 Å². The second kappa shape index (κ2) is 11.4. The van der Waals surface area contributed by atoms with Crippen LogP contribution in [0.4, 0.5) is 0 Å². The summed E-state index contributed by atoms with van der Waals surface area (Å²) >= 11 is 0. The maximum Gasteiger partial charge on any atom is 0.243 e. The molecule has 0 aliphatic heterocycles. The number of benzene rings is 2. The summed E-state index contributed by atoms with van der Waals surface area (Å²) in [5.74, 6) is 0.690. The molecule has 0 saturated heterocycles. The molecule has 8 heteroatoms. The summed E-state index contributed by atoms with van der Waals surface area (Å²) in [6.07, 6.45) is 0. The first kappa shape index (κ1) is 24.4. The average molecular weight is 516 g/mol. The summed E-state index contributed by atoms with van der Waals surface area (Å²) in [5, 5.41) is 6.49. The molecular formula is C20H29IN4O2S. The van der Waals surface area contributed by atoms with Gasteiger partial charge in [0.2, 0.25) is 10.0 Å². The van der Waals surface area contributed by atoms with Gasteiger partial charge in [-0.2, -0.15) is 4.31 Å². The minimum absolute atomic E-state index is 0. The molecule has 0 amide bonds. The molecule has 0 aliphatic rings. The maximum absolute atomic E-state index is 12.5. The van der Waals surface area contributed by atoms with Gasteiger partial charge in [-0.25, -0.2) is 8.42 Å². The van der Waals surface area contributed by atoms with Crippen LogP contribution in [0.3, 0.4) is 0 Å². The summed E-state index contributed by atoms with van der Waals surface area (Å²) < 4.78 is 26.4. The Balaban J connectivity index is 0.00000392. The van der Waals surface area contributed by atoms with Crippen LogP contribution in [0, 0.1) is 0 Å².